The lowest BCUT2D eigenvalue weighted by Crippen LogP contribution is -2.10. The number of nitrogens with zero attached hydrogens (tertiary/aromatic N) is 2. The number of halogens is 2. The van der Waals surface area contributed by atoms with Gasteiger partial charge in [-0.15, -0.1) is 0 Å². The molecule has 7 nitrogen and oxygen atoms in total. The van der Waals surface area contributed by atoms with Gasteiger partial charge in [-0.25, -0.2) is 18.9 Å². The molecular weight excluding hydrogens is 367 g/mol. The first-order valence-electron chi connectivity index (χ1n) is 7.46. The molecule has 0 atom stereocenters. The van der Waals surface area contributed by atoms with Gasteiger partial charge in [-0.1, -0.05) is 0 Å². The number of aromatic nitrogens is 3. The van der Waals surface area contributed by atoms with Crippen molar-refractivity contribution in [3.05, 3.63) is 51.9 Å². The minimum absolute atomic E-state index is 0.0179. The molecule has 26 heavy (non-hydrogen) atoms. The van der Waals surface area contributed by atoms with E-state index in [0.29, 0.717) is 10.9 Å². The van der Waals surface area contributed by atoms with Gasteiger partial charge in [-0.05, 0) is 30.2 Å². The first kappa shape index (κ1) is 18.3. The van der Waals surface area contributed by atoms with Crippen LogP contribution in [0.1, 0.15) is 5.56 Å². The zero-order chi connectivity index (χ0) is 18.8. The van der Waals surface area contributed by atoms with Crippen molar-refractivity contribution in [2.45, 2.75) is 6.42 Å². The Hall–Kier alpha value is -2.48. The van der Waals surface area contributed by atoms with Crippen LogP contribution in [0.4, 0.5) is 8.78 Å². The summed E-state index contributed by atoms with van der Waals surface area (Å²) >= 11 is 0. The molecular formula is C16H14F2N3O4P. The Labute approximate surface area is 147 Å². The third kappa shape index (κ3) is 3.55. The predicted molar refractivity (Wildman–Crippen MR) is 92.0 cm³/mol. The van der Waals surface area contributed by atoms with Crippen LogP contribution >= 0.6 is 8.38 Å². The smallest absolute Gasteiger partial charge is 0.277 e. The molecule has 0 spiro atoms. The fraction of sp³-hybridized carbons (Fsp3) is 0.188. The molecule has 0 saturated heterocycles. The number of rotatable bonds is 5. The van der Waals surface area contributed by atoms with Gasteiger partial charge in [0.1, 0.15) is 17.0 Å². The number of ether oxygens (including phenoxy) is 1. The van der Waals surface area contributed by atoms with Gasteiger partial charge in [0.25, 0.3) is 5.56 Å². The first-order chi connectivity index (χ1) is 12.4. The third-order valence-electron chi connectivity index (χ3n) is 3.77. The SMILES string of the molecule is COc1nc(-c2c(F)cc(CCP(O)O)cc2F)cc2cn[nH]c(=O)c12. The second-order valence-electron chi connectivity index (χ2n) is 5.46. The number of benzene rings is 1. The molecule has 0 bridgehead atoms. The Morgan fingerprint density at radius 3 is 2.54 bits per heavy atom. The van der Waals surface area contributed by atoms with E-state index in [2.05, 4.69) is 15.2 Å². The van der Waals surface area contributed by atoms with Crippen molar-refractivity contribution in [3.63, 3.8) is 0 Å². The van der Waals surface area contributed by atoms with Crippen LogP contribution in [0.5, 0.6) is 5.88 Å². The molecule has 2 heterocycles. The van der Waals surface area contributed by atoms with Crippen molar-refractivity contribution >= 4 is 19.1 Å². The molecule has 0 radical (unpaired) electrons. The number of hydrogen-bond donors (Lipinski definition) is 3. The zero-order valence-corrected chi connectivity index (χ0v) is 14.4. The second-order valence-corrected chi connectivity index (χ2v) is 6.65. The number of aryl methyl sites for hydroxylation is 1. The van der Waals surface area contributed by atoms with Gasteiger partial charge in [0, 0.05) is 11.5 Å². The summed E-state index contributed by atoms with van der Waals surface area (Å²) in [4.78, 5) is 33.8. The summed E-state index contributed by atoms with van der Waals surface area (Å²) in [6.07, 6.45) is 1.48. The lowest BCUT2D eigenvalue weighted by atomic mass is 10.0. The van der Waals surface area contributed by atoms with Gasteiger partial charge in [0.15, 0.2) is 8.38 Å². The summed E-state index contributed by atoms with van der Waals surface area (Å²) in [5, 5.41) is 6.37. The monoisotopic (exact) mass is 381 g/mol. The molecule has 0 fully saturated rings. The van der Waals surface area contributed by atoms with Gasteiger partial charge >= 0.3 is 0 Å². The summed E-state index contributed by atoms with van der Waals surface area (Å²) in [5.74, 6) is -1.78. The Morgan fingerprint density at radius 1 is 1.23 bits per heavy atom. The van der Waals surface area contributed by atoms with E-state index in [0.717, 1.165) is 12.1 Å². The average molecular weight is 381 g/mol. The molecule has 3 N–H and O–H groups in total. The molecule has 2 aromatic heterocycles. The summed E-state index contributed by atoms with van der Waals surface area (Å²) in [6, 6.07) is 3.58. The van der Waals surface area contributed by atoms with E-state index < -0.39 is 25.6 Å². The van der Waals surface area contributed by atoms with Crippen LogP contribution < -0.4 is 10.3 Å². The van der Waals surface area contributed by atoms with Crippen LogP contribution in [0.25, 0.3) is 22.0 Å². The van der Waals surface area contributed by atoms with Gasteiger partial charge < -0.3 is 14.5 Å². The Morgan fingerprint density at radius 2 is 1.92 bits per heavy atom. The van der Waals surface area contributed by atoms with Crippen molar-refractivity contribution in [1.82, 2.24) is 15.2 Å². The van der Waals surface area contributed by atoms with E-state index in [1.54, 1.807) is 0 Å². The number of fused-ring (bicyclic) bond motifs is 1. The van der Waals surface area contributed by atoms with Crippen LogP contribution in [0.2, 0.25) is 0 Å². The van der Waals surface area contributed by atoms with Crippen LogP contribution in [-0.2, 0) is 6.42 Å². The molecule has 0 aliphatic rings. The molecule has 3 rings (SSSR count). The van der Waals surface area contributed by atoms with Crippen LogP contribution in [-0.4, -0.2) is 38.2 Å². The lowest BCUT2D eigenvalue weighted by molar-refractivity contribution is 0.403. The molecule has 0 amide bonds. The van der Waals surface area contributed by atoms with Crippen molar-refractivity contribution in [2.24, 2.45) is 0 Å². The van der Waals surface area contributed by atoms with E-state index >= 15 is 0 Å². The van der Waals surface area contributed by atoms with Gasteiger partial charge in [0.05, 0.1) is 24.6 Å². The summed E-state index contributed by atoms with van der Waals surface area (Å²) in [5.41, 5.74) is -0.649. The van der Waals surface area contributed by atoms with Gasteiger partial charge in [-0.3, -0.25) is 4.79 Å². The minimum atomic E-state index is -2.14. The van der Waals surface area contributed by atoms with E-state index in [-0.39, 0.29) is 35.1 Å². The fourth-order valence-electron chi connectivity index (χ4n) is 2.61. The normalized spacial score (nSPS) is 11.3. The highest BCUT2D eigenvalue weighted by Gasteiger charge is 2.18. The molecule has 0 aliphatic heterocycles. The van der Waals surface area contributed by atoms with Crippen molar-refractivity contribution in [1.29, 1.82) is 0 Å². The van der Waals surface area contributed by atoms with E-state index in [1.807, 2.05) is 0 Å². The predicted octanol–water partition coefficient (Wildman–Crippen LogP) is 2.11. The standard InChI is InChI=1S/C16H14F2N3O4P/c1-25-16-13-9(7-19-21-15(13)22)6-12(20-16)14-10(17)4-8(5-11(14)18)2-3-26(23)24/h4-7,23-24H,2-3H2,1H3,(H,21,22). The van der Waals surface area contributed by atoms with E-state index in [9.17, 15) is 13.6 Å². The second kappa shape index (κ2) is 7.41. The molecule has 0 saturated carbocycles. The highest BCUT2D eigenvalue weighted by Crippen LogP contribution is 2.32. The van der Waals surface area contributed by atoms with Crippen molar-refractivity contribution in [2.75, 3.05) is 13.3 Å². The van der Waals surface area contributed by atoms with Crippen LogP contribution in [0, 0.1) is 11.6 Å². The highest BCUT2D eigenvalue weighted by atomic mass is 31.2. The Kier molecular flexibility index (Phi) is 5.22. The molecule has 0 aliphatic carbocycles. The van der Waals surface area contributed by atoms with Crippen molar-refractivity contribution in [3.8, 4) is 17.1 Å². The van der Waals surface area contributed by atoms with E-state index in [1.165, 1.54) is 19.4 Å². The largest absolute Gasteiger partial charge is 0.480 e. The Bertz CT molecular complexity index is 1000. The molecule has 1 aromatic carbocycles. The molecule has 3 aromatic rings. The number of aromatic amines is 1. The topological polar surface area (TPSA) is 108 Å². The van der Waals surface area contributed by atoms with Gasteiger partial charge in [0.2, 0.25) is 5.88 Å². The van der Waals surface area contributed by atoms with Crippen LogP contribution in [0.15, 0.2) is 29.2 Å². The number of hydrogen-bond acceptors (Lipinski definition) is 6. The average Bonchev–Trinajstić information content (AvgIpc) is 2.58. The Balaban J connectivity index is 2.13. The van der Waals surface area contributed by atoms with Crippen LogP contribution in [0.3, 0.4) is 0 Å². The summed E-state index contributed by atoms with van der Waals surface area (Å²) in [7, 11) is -0.843. The first-order valence-corrected chi connectivity index (χ1v) is 8.90. The number of nitrogens with one attached hydrogen (secondary N) is 1. The quantitative estimate of drug-likeness (QED) is 0.584. The minimum Gasteiger partial charge on any atom is -0.480 e. The maximum absolute atomic E-state index is 14.5. The van der Waals surface area contributed by atoms with Crippen molar-refractivity contribution < 1.29 is 23.3 Å². The van der Waals surface area contributed by atoms with E-state index in [4.69, 9.17) is 14.5 Å². The third-order valence-corrected chi connectivity index (χ3v) is 4.39. The lowest BCUT2D eigenvalue weighted by Gasteiger charge is -2.11. The van der Waals surface area contributed by atoms with Gasteiger partial charge in [-0.2, -0.15) is 5.10 Å². The summed E-state index contributed by atoms with van der Waals surface area (Å²) < 4.78 is 34.1. The maximum atomic E-state index is 14.5. The molecule has 136 valence electrons. The highest BCUT2D eigenvalue weighted by molar-refractivity contribution is 7.45. The summed E-state index contributed by atoms with van der Waals surface area (Å²) in [6.45, 7) is 0. The number of pyridine rings is 1. The number of H-pyrrole nitrogens is 1. The fourth-order valence-corrected chi connectivity index (χ4v) is 3.06. The number of methoxy groups -OCH3 is 1. The maximum Gasteiger partial charge on any atom is 0.277 e. The zero-order valence-electron chi connectivity index (χ0n) is 13.5. The molecule has 0 unspecified atom stereocenters. The molecule has 10 heteroatoms.